The van der Waals surface area contributed by atoms with Crippen LogP contribution in [0.25, 0.3) is 0 Å². The van der Waals surface area contributed by atoms with E-state index in [9.17, 15) is 9.59 Å². The van der Waals surface area contributed by atoms with Gasteiger partial charge in [0.05, 0.1) is 7.11 Å². The van der Waals surface area contributed by atoms with E-state index in [-0.39, 0.29) is 11.8 Å². The molecule has 1 heterocycles. The second-order valence-corrected chi connectivity index (χ2v) is 7.09. The number of piperazine rings is 1. The van der Waals surface area contributed by atoms with Crippen LogP contribution in [0.5, 0.6) is 5.75 Å². The summed E-state index contributed by atoms with van der Waals surface area (Å²) in [7, 11) is 1.58. The first kappa shape index (κ1) is 19.0. The summed E-state index contributed by atoms with van der Waals surface area (Å²) >= 11 is 0. The first-order chi connectivity index (χ1) is 13.0. The normalized spacial score (nSPS) is 14.4. The van der Waals surface area contributed by atoms with Crippen LogP contribution in [0.3, 0.4) is 0 Å². The van der Waals surface area contributed by atoms with Crippen molar-refractivity contribution in [3.05, 3.63) is 65.2 Å². The Balaban J connectivity index is 1.60. The van der Waals surface area contributed by atoms with Crippen LogP contribution in [0.2, 0.25) is 0 Å². The fraction of sp³-hybridized carbons (Fsp3) is 0.364. The first-order valence-corrected chi connectivity index (χ1v) is 9.32. The number of benzene rings is 2. The lowest BCUT2D eigenvalue weighted by atomic mass is 10.0. The number of rotatable bonds is 4. The molecular formula is C22H26N2O3. The van der Waals surface area contributed by atoms with E-state index in [2.05, 4.69) is 13.8 Å². The maximum Gasteiger partial charge on any atom is 0.254 e. The Morgan fingerprint density at radius 3 is 1.93 bits per heavy atom. The maximum atomic E-state index is 12.7. The second-order valence-electron chi connectivity index (χ2n) is 7.09. The Morgan fingerprint density at radius 1 is 0.852 bits per heavy atom. The van der Waals surface area contributed by atoms with Crippen molar-refractivity contribution in [2.75, 3.05) is 33.3 Å². The Morgan fingerprint density at radius 2 is 1.41 bits per heavy atom. The van der Waals surface area contributed by atoms with Gasteiger partial charge < -0.3 is 14.5 Å². The highest BCUT2D eigenvalue weighted by atomic mass is 16.5. The van der Waals surface area contributed by atoms with Gasteiger partial charge in [-0.25, -0.2) is 0 Å². The van der Waals surface area contributed by atoms with E-state index in [1.165, 1.54) is 5.56 Å². The molecule has 0 bridgehead atoms. The molecule has 0 aromatic heterocycles. The van der Waals surface area contributed by atoms with Crippen molar-refractivity contribution in [2.45, 2.75) is 19.8 Å². The number of amides is 2. The molecule has 0 N–H and O–H groups in total. The molecule has 3 rings (SSSR count). The molecular weight excluding hydrogens is 340 g/mol. The number of carbonyl (C=O) groups excluding carboxylic acids is 2. The summed E-state index contributed by atoms with van der Waals surface area (Å²) < 4.78 is 5.19. The Kier molecular flexibility index (Phi) is 5.79. The number of methoxy groups -OCH3 is 1. The van der Waals surface area contributed by atoms with Gasteiger partial charge in [0.2, 0.25) is 0 Å². The number of carbonyl (C=O) groups is 2. The van der Waals surface area contributed by atoms with Crippen molar-refractivity contribution >= 4 is 11.8 Å². The molecule has 0 aliphatic carbocycles. The molecule has 1 aliphatic heterocycles. The summed E-state index contributed by atoms with van der Waals surface area (Å²) in [6, 6.07) is 15.0. The number of hydrogen-bond acceptors (Lipinski definition) is 3. The lowest BCUT2D eigenvalue weighted by Crippen LogP contribution is -2.50. The summed E-state index contributed by atoms with van der Waals surface area (Å²) in [5.41, 5.74) is 2.53. The number of hydrogen-bond donors (Lipinski definition) is 0. The van der Waals surface area contributed by atoms with Crippen LogP contribution in [0.1, 0.15) is 46.0 Å². The average molecular weight is 366 g/mol. The van der Waals surface area contributed by atoms with Crippen LogP contribution in [-0.2, 0) is 0 Å². The molecule has 5 heteroatoms. The number of nitrogens with zero attached hydrogens (tertiary/aromatic N) is 2. The lowest BCUT2D eigenvalue weighted by Gasteiger charge is -2.35. The van der Waals surface area contributed by atoms with Gasteiger partial charge in [0.25, 0.3) is 11.8 Å². The quantitative estimate of drug-likeness (QED) is 0.833. The van der Waals surface area contributed by atoms with Crippen molar-refractivity contribution in [3.63, 3.8) is 0 Å². The van der Waals surface area contributed by atoms with E-state index in [4.69, 9.17) is 4.74 Å². The first-order valence-electron chi connectivity index (χ1n) is 9.32. The van der Waals surface area contributed by atoms with Crippen LogP contribution in [-0.4, -0.2) is 54.9 Å². The zero-order valence-electron chi connectivity index (χ0n) is 16.1. The average Bonchev–Trinajstić information content (AvgIpc) is 2.73. The van der Waals surface area contributed by atoms with Gasteiger partial charge in [-0.1, -0.05) is 32.0 Å². The molecule has 2 aromatic rings. The Bertz CT molecular complexity index is 807. The van der Waals surface area contributed by atoms with Gasteiger partial charge in [0, 0.05) is 37.3 Å². The molecule has 0 saturated carbocycles. The molecule has 1 aliphatic rings. The van der Waals surface area contributed by atoms with Crippen molar-refractivity contribution in [2.24, 2.45) is 0 Å². The number of ether oxygens (including phenoxy) is 1. The van der Waals surface area contributed by atoms with Crippen molar-refractivity contribution in [1.29, 1.82) is 0 Å². The molecule has 1 saturated heterocycles. The largest absolute Gasteiger partial charge is 0.497 e. The van der Waals surface area contributed by atoms with E-state index in [0.717, 1.165) is 0 Å². The van der Waals surface area contributed by atoms with Gasteiger partial charge in [-0.3, -0.25) is 9.59 Å². The van der Waals surface area contributed by atoms with E-state index >= 15 is 0 Å². The van der Waals surface area contributed by atoms with Gasteiger partial charge in [-0.15, -0.1) is 0 Å². The third kappa shape index (κ3) is 4.30. The molecule has 27 heavy (non-hydrogen) atoms. The maximum absolute atomic E-state index is 12.7. The van der Waals surface area contributed by atoms with Gasteiger partial charge >= 0.3 is 0 Å². The smallest absolute Gasteiger partial charge is 0.254 e. The summed E-state index contributed by atoms with van der Waals surface area (Å²) in [5, 5.41) is 0. The minimum atomic E-state index is -0.0257. The molecule has 0 unspecified atom stereocenters. The molecule has 2 amide bonds. The lowest BCUT2D eigenvalue weighted by molar-refractivity contribution is 0.0535. The van der Waals surface area contributed by atoms with E-state index < -0.39 is 0 Å². The monoisotopic (exact) mass is 366 g/mol. The van der Waals surface area contributed by atoms with Gasteiger partial charge in [0.1, 0.15) is 5.75 Å². The minimum Gasteiger partial charge on any atom is -0.497 e. The molecule has 0 radical (unpaired) electrons. The van der Waals surface area contributed by atoms with Gasteiger partial charge in [-0.2, -0.15) is 0 Å². The molecule has 0 atom stereocenters. The topological polar surface area (TPSA) is 49.9 Å². The fourth-order valence-corrected chi connectivity index (χ4v) is 3.24. The summed E-state index contributed by atoms with van der Waals surface area (Å²) in [6.07, 6.45) is 0. The second kappa shape index (κ2) is 8.25. The third-order valence-electron chi connectivity index (χ3n) is 5.00. The van der Waals surface area contributed by atoms with Crippen molar-refractivity contribution in [1.82, 2.24) is 9.80 Å². The van der Waals surface area contributed by atoms with E-state index in [0.29, 0.717) is 49.0 Å². The highest BCUT2D eigenvalue weighted by molar-refractivity contribution is 5.96. The van der Waals surface area contributed by atoms with Gasteiger partial charge in [0.15, 0.2) is 0 Å². The molecule has 1 fully saturated rings. The van der Waals surface area contributed by atoms with Crippen LogP contribution in [0.4, 0.5) is 0 Å². The van der Waals surface area contributed by atoms with E-state index in [1.54, 1.807) is 24.1 Å². The van der Waals surface area contributed by atoms with Crippen molar-refractivity contribution < 1.29 is 14.3 Å². The fourth-order valence-electron chi connectivity index (χ4n) is 3.24. The molecule has 0 spiro atoms. The molecule has 2 aromatic carbocycles. The SMILES string of the molecule is COc1cccc(C(=O)N2CCN(C(=O)c3ccc(C(C)C)cc3)CC2)c1. The van der Waals surface area contributed by atoms with Crippen LogP contribution in [0, 0.1) is 0 Å². The highest BCUT2D eigenvalue weighted by Crippen LogP contribution is 2.18. The van der Waals surface area contributed by atoms with Gasteiger partial charge in [-0.05, 0) is 41.8 Å². The summed E-state index contributed by atoms with van der Waals surface area (Å²) in [5.74, 6) is 1.11. The standard InChI is InChI=1S/C22H26N2O3/c1-16(2)17-7-9-18(10-8-17)21(25)23-11-13-24(14-12-23)22(26)19-5-4-6-20(15-19)27-3/h4-10,15-16H,11-14H2,1-3H3. The Hall–Kier alpha value is -2.82. The van der Waals surface area contributed by atoms with Crippen molar-refractivity contribution in [3.8, 4) is 5.75 Å². The van der Waals surface area contributed by atoms with Crippen LogP contribution < -0.4 is 4.74 Å². The summed E-state index contributed by atoms with van der Waals surface area (Å²) in [4.78, 5) is 29.0. The zero-order chi connectivity index (χ0) is 19.4. The minimum absolute atomic E-state index is 0.0257. The zero-order valence-corrected chi connectivity index (χ0v) is 16.1. The summed E-state index contributed by atoms with van der Waals surface area (Å²) in [6.45, 7) is 6.42. The highest BCUT2D eigenvalue weighted by Gasteiger charge is 2.25. The van der Waals surface area contributed by atoms with E-state index in [1.807, 2.05) is 41.3 Å². The Labute approximate surface area is 160 Å². The predicted octanol–water partition coefficient (Wildman–Crippen LogP) is 3.42. The molecule has 5 nitrogen and oxygen atoms in total. The molecule has 142 valence electrons. The van der Waals surface area contributed by atoms with Crippen LogP contribution >= 0.6 is 0 Å². The van der Waals surface area contributed by atoms with Crippen LogP contribution in [0.15, 0.2) is 48.5 Å². The predicted molar refractivity (Wildman–Crippen MR) is 105 cm³/mol. The third-order valence-corrected chi connectivity index (χ3v) is 5.00.